The molecule has 9 atom stereocenters. The average Bonchev–Trinajstić information content (AvgIpc) is 1.50. The first-order valence-electron chi connectivity index (χ1n) is 43.2. The number of allylic oxidation sites excluding steroid dienone is 1. The van der Waals surface area contributed by atoms with Crippen LogP contribution in [0.15, 0.2) is 296 Å². The Balaban J connectivity index is 0.000000156. The fourth-order valence-corrected chi connectivity index (χ4v) is 17.3. The first-order valence-corrected chi connectivity index (χ1v) is 45.6. The molecular weight excluding hydrogens is 2040 g/mol. The molecule has 2 bridgehead atoms. The minimum atomic E-state index is -2.26. The first-order chi connectivity index (χ1) is 68.4. The largest absolute Gasteiger partial charge is 0.506 e. The first kappa shape index (κ1) is 106. The molecule has 732 valence electrons. The monoisotopic (exact) mass is 2130 g/mol. The van der Waals surface area contributed by atoms with Crippen molar-refractivity contribution in [2.75, 3.05) is 56.8 Å². The third kappa shape index (κ3) is 22.5. The van der Waals surface area contributed by atoms with Gasteiger partial charge in [-0.25, -0.2) is 34.6 Å². The minimum absolute atomic E-state index is 0.000776. The Morgan fingerprint density at radius 3 is 1.50 bits per heavy atom. The topological polar surface area (TPSA) is 470 Å². The molecule has 2 saturated carbocycles. The summed E-state index contributed by atoms with van der Waals surface area (Å²) in [6.45, 7) is 11.8. The van der Waals surface area contributed by atoms with E-state index in [0.717, 1.165) is 47.9 Å². The van der Waals surface area contributed by atoms with Crippen LogP contribution in [0, 0.1) is 25.3 Å². The molecule has 33 nitrogen and oxygen atoms in total. The number of carbonyl (C=O) groups is 7. The van der Waals surface area contributed by atoms with Gasteiger partial charge in [-0.2, -0.15) is 0 Å². The molecule has 1 amide bonds. The van der Waals surface area contributed by atoms with E-state index in [1.807, 2.05) is 103 Å². The second-order valence-electron chi connectivity index (χ2n) is 32.3. The zero-order valence-electron chi connectivity index (χ0n) is 78.3. The standard InChI is InChI=1S/C27H25N3O5.C25H20BrNO6.C15H10BrNO4.C15H12BrNO3.C10H10O2.C8H9NO2.C7H7NO3/c1-28-18-12-10-17(11-13-18)27-22(16-8-6-5-7-9-16)21(25(32)30(2)3)24(31)26(27,33)23-20(35-27)14-19(34-4)15-29-23;1-31-17-12-18-21(27-13-17)24(30)20(22(28)32-2)19(14-6-4-3-5-7-14)25(33-18,23(24)29)15-8-10-16(26)11-9-15;1-20-10-6-11-12(17-7-10)13(18)14(19)15(21-11)8-2-4-9(16)5-3-8;1-20-12-8-14(19)15(17-9-12)13(18)7-4-10-2-5-11(16)6-3-10;1-12-10(11)8-7-9-5-3-2-4-6-9;1-5-3-7(11)8(6(2)10)9-4-5;1-4(9)7-6(11)2-5(10)3-8-7/h5-15,21-22,24,31,33H,2-4H3;3-13,19-20,30H,1-2H3;2-7,19H,1H3;2-9,19H,1H3;2-8H,1H3;3-4,11H,1-2H3;2-3,10-11H,1H3/b;;;7-4+;8-7+;;/t21-,22-,24-,26+,27+;19?,20?,24-,25+;;;;;/m11...../s1. The normalized spacial score (nSPS) is 18.7. The molecule has 7 aromatic heterocycles. The lowest BCUT2D eigenvalue weighted by Crippen LogP contribution is -2.52. The van der Waals surface area contributed by atoms with E-state index in [4.69, 9.17) is 54.4 Å². The fraction of sp³-hybridized carbons (Fsp3) is 0.187. The number of nitrogens with zero attached hydrogens (tertiary/aromatic N) is 8. The SMILES string of the molecule is CC(=O)c1ncc(C)cc1O.CC(=O)c1ncc(O)cc1O.COC(=O)/C=C/c1ccccc1.COC(=O)C1C(c2ccccc2)[C@]2(c3ccc(Br)cc3)Oc3cc(OC)cnc3[C@@]1(O)C2=O.COc1cnc(C(=O)/C=C/c2ccc(Br)cc2)c(O)c1.COc1cnc2c(=O)c(O)c(-c3ccc(Br)cc3)oc2c1.[C-]#[N+]c1ccc([C@@]23Oc4cc(OC)cnc4[C@]2(O)[C@H](O)[C@H](C(=O)N(C)C)[C@H]3c2ccccc2)cc1. The fourth-order valence-electron chi connectivity index (χ4n) is 16.5. The number of fused-ring (bicyclic) bond motifs is 8. The molecule has 8 N–H and O–H groups in total. The number of aromatic hydroxyl groups is 5. The van der Waals surface area contributed by atoms with Crippen LogP contribution in [0.1, 0.15) is 107 Å². The van der Waals surface area contributed by atoms with Gasteiger partial charge < -0.3 is 88.1 Å². The molecule has 14 aromatic rings. The highest BCUT2D eigenvalue weighted by Crippen LogP contribution is 2.69. The Bertz CT molecular complexity index is 7150. The summed E-state index contributed by atoms with van der Waals surface area (Å²) in [7, 11) is 11.8. The van der Waals surface area contributed by atoms with Gasteiger partial charge in [0.15, 0.2) is 56.6 Å². The zero-order chi connectivity index (χ0) is 104. The Kier molecular flexibility index (Phi) is 34.2. The summed E-state index contributed by atoms with van der Waals surface area (Å²) in [5.41, 5.74) is -1.55. The summed E-state index contributed by atoms with van der Waals surface area (Å²) < 4.78 is 51.5. The van der Waals surface area contributed by atoms with Gasteiger partial charge in [-0.3, -0.25) is 38.5 Å². The molecule has 2 unspecified atom stereocenters. The highest BCUT2D eigenvalue weighted by Gasteiger charge is 2.79. The van der Waals surface area contributed by atoms with Gasteiger partial charge in [0.25, 0.3) is 5.43 Å². The van der Waals surface area contributed by atoms with Crippen molar-refractivity contribution < 1.29 is 117 Å². The molecule has 4 aliphatic rings. The zero-order valence-corrected chi connectivity index (χ0v) is 83.0. The molecule has 2 aliphatic heterocycles. The number of pyridine rings is 6. The van der Waals surface area contributed by atoms with Gasteiger partial charge in [0.2, 0.25) is 28.8 Å². The number of hydrogen-bond donors (Lipinski definition) is 8. The summed E-state index contributed by atoms with van der Waals surface area (Å²) in [5, 5.41) is 83.0. The van der Waals surface area contributed by atoms with Crippen LogP contribution in [0.3, 0.4) is 0 Å². The highest BCUT2D eigenvalue weighted by molar-refractivity contribution is 9.11. The summed E-state index contributed by atoms with van der Waals surface area (Å²) in [5.74, 6) is -5.89. The van der Waals surface area contributed by atoms with Gasteiger partial charge in [-0.1, -0.05) is 193 Å². The second-order valence-corrected chi connectivity index (χ2v) is 35.0. The number of benzene rings is 7. The van der Waals surface area contributed by atoms with Crippen molar-refractivity contribution in [1.82, 2.24) is 34.8 Å². The summed E-state index contributed by atoms with van der Waals surface area (Å²) >= 11 is 10.1. The molecule has 143 heavy (non-hydrogen) atoms. The molecular formula is C107H93Br3N8O25. The lowest BCUT2D eigenvalue weighted by molar-refractivity contribution is -0.163. The predicted molar refractivity (Wildman–Crippen MR) is 535 cm³/mol. The third-order valence-electron chi connectivity index (χ3n) is 23.2. The maximum absolute atomic E-state index is 14.2. The summed E-state index contributed by atoms with van der Waals surface area (Å²) in [6.07, 6.45) is 12.9. The Hall–Kier alpha value is -16.2. The number of amides is 1. The van der Waals surface area contributed by atoms with Gasteiger partial charge in [-0.15, -0.1) is 0 Å². The minimum Gasteiger partial charge on any atom is -0.506 e. The van der Waals surface area contributed by atoms with E-state index < -0.39 is 75.1 Å². The van der Waals surface area contributed by atoms with E-state index in [1.54, 1.807) is 142 Å². The number of carbonyl (C=O) groups excluding carboxylic acids is 7. The van der Waals surface area contributed by atoms with Crippen molar-refractivity contribution in [3.63, 3.8) is 0 Å². The van der Waals surface area contributed by atoms with Crippen LogP contribution < -0.4 is 33.8 Å². The molecule has 36 heteroatoms. The quantitative estimate of drug-likeness (QED) is 0.0171. The summed E-state index contributed by atoms with van der Waals surface area (Å²) in [6, 6.07) is 64.9. The van der Waals surface area contributed by atoms with E-state index in [0.29, 0.717) is 50.9 Å². The number of aliphatic hydroxyl groups excluding tert-OH is 1. The Morgan fingerprint density at radius 1 is 0.503 bits per heavy atom. The number of esters is 2. The van der Waals surface area contributed by atoms with Crippen LogP contribution in [0.5, 0.6) is 63.2 Å². The molecule has 7 aromatic carbocycles. The lowest BCUT2D eigenvalue weighted by atomic mass is 9.71. The van der Waals surface area contributed by atoms with Crippen LogP contribution in [0.4, 0.5) is 5.69 Å². The Labute approximate surface area is 844 Å². The van der Waals surface area contributed by atoms with E-state index in [9.17, 15) is 69.0 Å². The van der Waals surface area contributed by atoms with Crippen molar-refractivity contribution in [1.29, 1.82) is 0 Å². The van der Waals surface area contributed by atoms with Gasteiger partial charge in [0.05, 0.1) is 92.1 Å². The van der Waals surface area contributed by atoms with E-state index in [1.165, 1.54) is 110 Å². The van der Waals surface area contributed by atoms with E-state index >= 15 is 0 Å². The predicted octanol–water partition coefficient (Wildman–Crippen LogP) is 17.1. The molecule has 9 heterocycles. The molecule has 0 spiro atoms. The van der Waals surface area contributed by atoms with Gasteiger partial charge in [0, 0.05) is 101 Å². The molecule has 2 aliphatic carbocycles. The van der Waals surface area contributed by atoms with Crippen molar-refractivity contribution >= 4 is 118 Å². The number of ketones is 4. The molecule has 0 saturated heterocycles. The van der Waals surface area contributed by atoms with Crippen LogP contribution in [-0.2, 0) is 51.1 Å². The van der Waals surface area contributed by atoms with E-state index in [2.05, 4.69) is 87.3 Å². The van der Waals surface area contributed by atoms with Crippen LogP contribution >= 0.6 is 47.8 Å². The average molecular weight is 2130 g/mol. The number of aryl methyl sites for hydroxylation is 1. The number of Topliss-reactive ketones (excluding diaryl/α,β-unsaturated/α-hetero) is 3. The molecule has 0 radical (unpaired) electrons. The number of halogens is 3. The van der Waals surface area contributed by atoms with Crippen molar-refractivity contribution in [3.05, 3.63) is 376 Å². The van der Waals surface area contributed by atoms with Crippen LogP contribution in [0.25, 0.3) is 39.4 Å². The second kappa shape index (κ2) is 46.3. The Morgan fingerprint density at radius 2 is 0.972 bits per heavy atom. The number of ether oxygens (including phenoxy) is 8. The van der Waals surface area contributed by atoms with Crippen LogP contribution in [-0.4, -0.2) is 179 Å². The number of hydrogen-bond acceptors (Lipinski definition) is 31. The van der Waals surface area contributed by atoms with Crippen molar-refractivity contribution in [2.24, 2.45) is 11.8 Å². The number of aromatic nitrogens is 6. The lowest BCUT2D eigenvalue weighted by Gasteiger charge is -2.40. The van der Waals surface area contributed by atoms with Gasteiger partial charge in [-0.05, 0) is 107 Å². The number of rotatable bonds is 18. The van der Waals surface area contributed by atoms with Crippen molar-refractivity contribution in [2.45, 2.75) is 61.1 Å². The van der Waals surface area contributed by atoms with Crippen LogP contribution in [0.2, 0.25) is 0 Å². The van der Waals surface area contributed by atoms with Crippen molar-refractivity contribution in [3.8, 4) is 74.6 Å². The molecule has 18 rings (SSSR count). The summed E-state index contributed by atoms with van der Waals surface area (Å²) in [4.78, 5) is 126. The third-order valence-corrected chi connectivity index (χ3v) is 24.8. The maximum Gasteiger partial charge on any atom is 0.330 e. The molecule has 2 fully saturated rings. The maximum atomic E-state index is 14.2. The number of methoxy groups -OCH3 is 6. The van der Waals surface area contributed by atoms with E-state index in [-0.39, 0.29) is 109 Å². The smallest absolute Gasteiger partial charge is 0.330 e. The number of aliphatic hydroxyl groups is 3. The van der Waals surface area contributed by atoms with Gasteiger partial charge >= 0.3 is 11.9 Å². The van der Waals surface area contributed by atoms with Gasteiger partial charge in [0.1, 0.15) is 92.3 Å². The highest BCUT2D eigenvalue weighted by atomic mass is 79.9.